The molecule has 1 saturated heterocycles. The summed E-state index contributed by atoms with van der Waals surface area (Å²) in [5, 5.41) is 7.42. The third-order valence-electron chi connectivity index (χ3n) is 3.87. The van der Waals surface area contributed by atoms with E-state index in [0.717, 1.165) is 12.3 Å². The monoisotopic (exact) mass is 245 g/mol. The Hall–Kier alpha value is -0.860. The molecule has 0 aliphatic carbocycles. The molecule has 2 heterocycles. The van der Waals surface area contributed by atoms with E-state index < -0.39 is 0 Å². The molecule has 0 atom stereocenters. The lowest BCUT2D eigenvalue weighted by Crippen LogP contribution is -2.26. The molecule has 1 aromatic heterocycles. The average Bonchev–Trinajstić information content (AvgIpc) is 2.83. The van der Waals surface area contributed by atoms with Gasteiger partial charge in [-0.05, 0) is 66.2 Å². The van der Waals surface area contributed by atoms with E-state index in [1.165, 1.54) is 36.2 Å². The van der Waals surface area contributed by atoms with Gasteiger partial charge in [0.1, 0.15) is 0 Å². The summed E-state index contributed by atoms with van der Waals surface area (Å²) in [6.45, 7) is 4.62. The van der Waals surface area contributed by atoms with Crippen molar-refractivity contribution in [3.8, 4) is 0 Å². The molecule has 0 bridgehead atoms. The summed E-state index contributed by atoms with van der Waals surface area (Å²) in [4.78, 5) is 0. The molecule has 17 heavy (non-hydrogen) atoms. The highest BCUT2D eigenvalue weighted by molar-refractivity contribution is 7.17. The number of fused-ring (bicyclic) bond motifs is 1. The maximum atomic E-state index is 3.46. The smallest absolute Gasteiger partial charge is 0.0348 e. The van der Waals surface area contributed by atoms with Crippen LogP contribution < -0.4 is 5.32 Å². The lowest BCUT2D eigenvalue weighted by molar-refractivity contribution is 0.463. The minimum Gasteiger partial charge on any atom is -0.317 e. The Kier molecular flexibility index (Phi) is 3.17. The van der Waals surface area contributed by atoms with E-state index in [-0.39, 0.29) is 0 Å². The molecule has 1 aromatic carbocycles. The highest BCUT2D eigenvalue weighted by Gasteiger charge is 2.19. The van der Waals surface area contributed by atoms with Crippen molar-refractivity contribution in [1.82, 2.24) is 5.32 Å². The Morgan fingerprint density at radius 2 is 2.12 bits per heavy atom. The van der Waals surface area contributed by atoms with Crippen LogP contribution in [0.25, 0.3) is 10.1 Å². The summed E-state index contributed by atoms with van der Waals surface area (Å²) in [6.07, 6.45) is 3.74. The van der Waals surface area contributed by atoms with E-state index >= 15 is 0 Å². The van der Waals surface area contributed by atoms with E-state index in [4.69, 9.17) is 0 Å². The SMILES string of the molecule is CCc1cccc2scc(C3CCNCC3)c12. The second-order valence-corrected chi connectivity index (χ2v) is 5.77. The van der Waals surface area contributed by atoms with Gasteiger partial charge in [-0.15, -0.1) is 11.3 Å². The molecule has 1 aliphatic heterocycles. The van der Waals surface area contributed by atoms with Gasteiger partial charge in [0, 0.05) is 4.70 Å². The van der Waals surface area contributed by atoms with Gasteiger partial charge in [0.2, 0.25) is 0 Å². The Morgan fingerprint density at radius 3 is 2.88 bits per heavy atom. The largest absolute Gasteiger partial charge is 0.317 e. The van der Waals surface area contributed by atoms with Crippen molar-refractivity contribution in [3.63, 3.8) is 0 Å². The Morgan fingerprint density at radius 1 is 1.29 bits per heavy atom. The highest BCUT2D eigenvalue weighted by Crippen LogP contribution is 2.37. The van der Waals surface area contributed by atoms with Crippen molar-refractivity contribution in [3.05, 3.63) is 34.7 Å². The Labute approximate surface area is 107 Å². The van der Waals surface area contributed by atoms with Crippen molar-refractivity contribution < 1.29 is 0 Å². The quantitative estimate of drug-likeness (QED) is 0.845. The first-order valence-electron chi connectivity index (χ1n) is 6.60. The van der Waals surface area contributed by atoms with Gasteiger partial charge in [0.25, 0.3) is 0 Å². The van der Waals surface area contributed by atoms with Crippen molar-refractivity contribution in [2.45, 2.75) is 32.1 Å². The summed E-state index contributed by atoms with van der Waals surface area (Å²) in [5.41, 5.74) is 3.14. The zero-order valence-corrected chi connectivity index (χ0v) is 11.1. The number of benzene rings is 1. The van der Waals surface area contributed by atoms with Gasteiger partial charge >= 0.3 is 0 Å². The molecule has 1 nitrogen and oxygen atoms in total. The summed E-state index contributed by atoms with van der Waals surface area (Å²) in [5.74, 6) is 0.776. The molecule has 0 spiro atoms. The van der Waals surface area contributed by atoms with Crippen LogP contribution >= 0.6 is 11.3 Å². The third kappa shape index (κ3) is 2.00. The maximum Gasteiger partial charge on any atom is 0.0348 e. The van der Waals surface area contributed by atoms with Crippen LogP contribution in [0.2, 0.25) is 0 Å². The number of nitrogens with one attached hydrogen (secondary N) is 1. The fraction of sp³-hybridized carbons (Fsp3) is 0.467. The zero-order chi connectivity index (χ0) is 11.7. The molecule has 0 amide bonds. The topological polar surface area (TPSA) is 12.0 Å². The molecule has 3 rings (SSSR count). The van der Waals surface area contributed by atoms with Crippen LogP contribution in [0.15, 0.2) is 23.6 Å². The molecule has 1 aliphatic rings. The normalized spacial score (nSPS) is 17.7. The predicted octanol–water partition coefficient (Wildman–Crippen LogP) is 3.93. The summed E-state index contributed by atoms with van der Waals surface area (Å²) >= 11 is 1.92. The van der Waals surface area contributed by atoms with E-state index in [1.807, 2.05) is 11.3 Å². The Balaban J connectivity index is 2.09. The molecule has 2 heteroatoms. The van der Waals surface area contributed by atoms with Gasteiger partial charge in [0.15, 0.2) is 0 Å². The van der Waals surface area contributed by atoms with Crippen LogP contribution in [0.4, 0.5) is 0 Å². The molecule has 0 saturated carbocycles. The van der Waals surface area contributed by atoms with Gasteiger partial charge in [-0.25, -0.2) is 0 Å². The third-order valence-corrected chi connectivity index (χ3v) is 4.84. The molecule has 90 valence electrons. The van der Waals surface area contributed by atoms with Crippen molar-refractivity contribution >= 4 is 21.4 Å². The van der Waals surface area contributed by atoms with Crippen LogP contribution in [0.1, 0.15) is 36.8 Å². The van der Waals surface area contributed by atoms with Gasteiger partial charge in [-0.2, -0.15) is 0 Å². The highest BCUT2D eigenvalue weighted by atomic mass is 32.1. The molecule has 2 aromatic rings. The van der Waals surface area contributed by atoms with Gasteiger partial charge in [-0.1, -0.05) is 19.1 Å². The van der Waals surface area contributed by atoms with E-state index in [2.05, 4.69) is 35.8 Å². The van der Waals surface area contributed by atoms with Crippen LogP contribution in [-0.4, -0.2) is 13.1 Å². The lowest BCUT2D eigenvalue weighted by Gasteiger charge is -2.22. The summed E-state index contributed by atoms with van der Waals surface area (Å²) in [7, 11) is 0. The minimum atomic E-state index is 0.776. The van der Waals surface area contributed by atoms with Crippen LogP contribution in [0.3, 0.4) is 0 Å². The molecule has 1 N–H and O–H groups in total. The second-order valence-electron chi connectivity index (χ2n) is 4.86. The molecule has 0 unspecified atom stereocenters. The average molecular weight is 245 g/mol. The van der Waals surface area contributed by atoms with Crippen molar-refractivity contribution in [2.75, 3.05) is 13.1 Å². The summed E-state index contributed by atoms with van der Waals surface area (Å²) < 4.78 is 1.47. The zero-order valence-electron chi connectivity index (χ0n) is 10.3. The molecule has 1 fully saturated rings. The number of rotatable bonds is 2. The van der Waals surface area contributed by atoms with Gasteiger partial charge in [0.05, 0.1) is 0 Å². The van der Waals surface area contributed by atoms with E-state index in [1.54, 1.807) is 10.9 Å². The Bertz CT molecular complexity index is 509. The van der Waals surface area contributed by atoms with Crippen LogP contribution in [-0.2, 0) is 6.42 Å². The van der Waals surface area contributed by atoms with E-state index in [9.17, 15) is 0 Å². The standard InChI is InChI=1S/C15H19NS/c1-2-11-4-3-5-14-15(11)13(10-17-14)12-6-8-16-9-7-12/h3-5,10,12,16H,2,6-9H2,1H3. The first-order valence-corrected chi connectivity index (χ1v) is 7.48. The van der Waals surface area contributed by atoms with Crippen LogP contribution in [0.5, 0.6) is 0 Å². The number of hydrogen-bond acceptors (Lipinski definition) is 2. The first kappa shape index (κ1) is 11.2. The lowest BCUT2D eigenvalue weighted by atomic mass is 9.88. The number of hydrogen-bond donors (Lipinski definition) is 1. The number of thiophene rings is 1. The first-order chi connectivity index (χ1) is 8.40. The van der Waals surface area contributed by atoms with E-state index in [0.29, 0.717) is 0 Å². The number of aryl methyl sites for hydroxylation is 1. The minimum absolute atomic E-state index is 0.776. The van der Waals surface area contributed by atoms with Gasteiger partial charge in [-0.3, -0.25) is 0 Å². The van der Waals surface area contributed by atoms with Crippen LogP contribution in [0, 0.1) is 0 Å². The fourth-order valence-corrected chi connectivity index (χ4v) is 4.00. The predicted molar refractivity (Wildman–Crippen MR) is 76.0 cm³/mol. The molecular formula is C15H19NS. The molecular weight excluding hydrogens is 226 g/mol. The number of piperidine rings is 1. The summed E-state index contributed by atoms with van der Waals surface area (Å²) in [6, 6.07) is 6.76. The second kappa shape index (κ2) is 4.79. The maximum absolute atomic E-state index is 3.46. The fourth-order valence-electron chi connectivity index (χ4n) is 2.92. The van der Waals surface area contributed by atoms with Crippen molar-refractivity contribution in [2.24, 2.45) is 0 Å². The molecule has 0 radical (unpaired) electrons. The van der Waals surface area contributed by atoms with Crippen molar-refractivity contribution in [1.29, 1.82) is 0 Å². The van der Waals surface area contributed by atoms with Gasteiger partial charge < -0.3 is 5.32 Å².